The van der Waals surface area contributed by atoms with Gasteiger partial charge in [0.05, 0.1) is 0 Å². The molecule has 0 bridgehead atoms. The molecule has 3 rings (SSSR count). The van der Waals surface area contributed by atoms with Gasteiger partial charge in [-0.2, -0.15) is 4.72 Å². The normalized spacial score (nSPS) is 18.4. The zero-order valence-electron chi connectivity index (χ0n) is 11.1. The maximum Gasteiger partial charge on any atom is 0.251 e. The molecule has 112 valence electrons. The Morgan fingerprint density at radius 1 is 1.05 bits per heavy atom. The van der Waals surface area contributed by atoms with Gasteiger partial charge in [-0.25, -0.2) is 8.42 Å². The van der Waals surface area contributed by atoms with Gasteiger partial charge in [-0.05, 0) is 11.4 Å². The number of thiophene rings is 1. The standard InChI is InChI=1S/C14H10N2O4S2/c15-11-12(16-22(19,20)10-6-3-7-21-10)14(18)9-5-2-1-4-8(9)13(11)17/h1-7,12,15-16H. The molecule has 22 heavy (non-hydrogen) atoms. The lowest BCUT2D eigenvalue weighted by Crippen LogP contribution is -2.51. The number of ketones is 2. The van der Waals surface area contributed by atoms with E-state index >= 15 is 0 Å². The van der Waals surface area contributed by atoms with Crippen LogP contribution in [0.1, 0.15) is 20.7 Å². The van der Waals surface area contributed by atoms with Crippen molar-refractivity contribution in [3.05, 3.63) is 52.9 Å². The number of carbonyl (C=O) groups is 2. The van der Waals surface area contributed by atoms with Crippen LogP contribution in [0.4, 0.5) is 0 Å². The van der Waals surface area contributed by atoms with E-state index in [4.69, 9.17) is 5.41 Å². The van der Waals surface area contributed by atoms with Gasteiger partial charge in [-0.1, -0.05) is 30.3 Å². The van der Waals surface area contributed by atoms with Crippen LogP contribution in [0, 0.1) is 5.41 Å². The number of hydrogen-bond donors (Lipinski definition) is 2. The van der Waals surface area contributed by atoms with Crippen LogP contribution < -0.4 is 4.72 Å². The highest BCUT2D eigenvalue weighted by Crippen LogP contribution is 2.22. The van der Waals surface area contributed by atoms with E-state index in [0.717, 1.165) is 11.3 Å². The highest BCUT2D eigenvalue weighted by molar-refractivity contribution is 7.91. The second-order valence-electron chi connectivity index (χ2n) is 4.64. The summed E-state index contributed by atoms with van der Waals surface area (Å²) in [6.07, 6.45) is 0. The summed E-state index contributed by atoms with van der Waals surface area (Å²) in [5.74, 6) is -1.24. The fraction of sp³-hybridized carbons (Fsp3) is 0.0714. The number of fused-ring (bicyclic) bond motifs is 1. The smallest absolute Gasteiger partial charge is 0.251 e. The third-order valence-corrected chi connectivity index (χ3v) is 6.09. The Kier molecular flexibility index (Phi) is 3.51. The Morgan fingerprint density at radius 2 is 1.73 bits per heavy atom. The highest BCUT2D eigenvalue weighted by atomic mass is 32.2. The summed E-state index contributed by atoms with van der Waals surface area (Å²) in [6, 6.07) is 7.54. The van der Waals surface area contributed by atoms with Gasteiger partial charge in [0, 0.05) is 11.1 Å². The fourth-order valence-electron chi connectivity index (χ4n) is 2.20. The van der Waals surface area contributed by atoms with Crippen LogP contribution >= 0.6 is 11.3 Å². The maximum absolute atomic E-state index is 12.4. The Balaban J connectivity index is 2.01. The number of rotatable bonds is 3. The molecule has 0 spiro atoms. The van der Waals surface area contributed by atoms with Crippen LogP contribution in [0.5, 0.6) is 0 Å². The van der Waals surface area contributed by atoms with Crippen molar-refractivity contribution in [2.24, 2.45) is 0 Å². The van der Waals surface area contributed by atoms with E-state index in [2.05, 4.69) is 4.72 Å². The molecule has 1 heterocycles. The van der Waals surface area contributed by atoms with E-state index in [1.807, 2.05) is 0 Å². The minimum absolute atomic E-state index is 0.0272. The molecule has 2 N–H and O–H groups in total. The second-order valence-corrected chi connectivity index (χ2v) is 7.53. The van der Waals surface area contributed by atoms with Gasteiger partial charge in [-0.15, -0.1) is 11.3 Å². The summed E-state index contributed by atoms with van der Waals surface area (Å²) >= 11 is 0.990. The maximum atomic E-state index is 12.4. The predicted molar refractivity (Wildman–Crippen MR) is 81.3 cm³/mol. The number of sulfonamides is 1. The summed E-state index contributed by atoms with van der Waals surface area (Å²) < 4.78 is 26.6. The molecule has 1 unspecified atom stereocenters. The molecule has 0 saturated heterocycles. The van der Waals surface area contributed by atoms with Crippen LogP contribution in [-0.4, -0.2) is 31.7 Å². The van der Waals surface area contributed by atoms with E-state index in [1.54, 1.807) is 23.6 Å². The first kappa shape index (κ1) is 14.8. The van der Waals surface area contributed by atoms with Crippen molar-refractivity contribution in [2.45, 2.75) is 10.3 Å². The third-order valence-electron chi connectivity index (χ3n) is 3.27. The number of hydrogen-bond acceptors (Lipinski definition) is 6. The third kappa shape index (κ3) is 2.31. The topological polar surface area (TPSA) is 104 Å². The van der Waals surface area contributed by atoms with Gasteiger partial charge in [0.1, 0.15) is 16.0 Å². The zero-order valence-corrected chi connectivity index (χ0v) is 12.7. The first-order valence-electron chi connectivity index (χ1n) is 6.24. The molecule has 1 aromatic carbocycles. The second kappa shape index (κ2) is 5.24. The molecule has 2 aromatic rings. The molecule has 1 atom stereocenters. The van der Waals surface area contributed by atoms with E-state index < -0.39 is 33.3 Å². The van der Waals surface area contributed by atoms with Crippen LogP contribution in [0.2, 0.25) is 0 Å². The molecular formula is C14H10N2O4S2. The predicted octanol–water partition coefficient (Wildman–Crippen LogP) is 1.49. The van der Waals surface area contributed by atoms with Crippen LogP contribution in [0.25, 0.3) is 0 Å². The van der Waals surface area contributed by atoms with E-state index in [-0.39, 0.29) is 15.3 Å². The first-order valence-corrected chi connectivity index (χ1v) is 8.60. The molecule has 0 amide bonds. The van der Waals surface area contributed by atoms with Gasteiger partial charge < -0.3 is 0 Å². The number of benzene rings is 1. The molecule has 6 nitrogen and oxygen atoms in total. The lowest BCUT2D eigenvalue weighted by Gasteiger charge is -2.23. The van der Waals surface area contributed by atoms with Crippen molar-refractivity contribution in [2.75, 3.05) is 0 Å². The minimum Gasteiger partial charge on any atom is -0.299 e. The largest absolute Gasteiger partial charge is 0.299 e. The summed E-state index contributed by atoms with van der Waals surface area (Å²) in [5, 5.41) is 9.41. The molecule has 0 radical (unpaired) electrons. The Morgan fingerprint density at radius 3 is 2.36 bits per heavy atom. The van der Waals surface area contributed by atoms with Gasteiger partial charge >= 0.3 is 0 Å². The van der Waals surface area contributed by atoms with E-state index in [0.29, 0.717) is 0 Å². The summed E-state index contributed by atoms with van der Waals surface area (Å²) in [7, 11) is -3.95. The molecular weight excluding hydrogens is 324 g/mol. The summed E-state index contributed by atoms with van der Waals surface area (Å²) in [4.78, 5) is 24.5. The number of nitrogens with one attached hydrogen (secondary N) is 2. The fourth-order valence-corrected chi connectivity index (χ4v) is 4.38. The van der Waals surface area contributed by atoms with Crippen molar-refractivity contribution < 1.29 is 18.0 Å². The molecule has 0 aliphatic heterocycles. The average molecular weight is 334 g/mol. The number of carbonyl (C=O) groups excluding carboxylic acids is 2. The van der Waals surface area contributed by atoms with Gasteiger partial charge in [0.15, 0.2) is 5.78 Å². The van der Waals surface area contributed by atoms with Crippen molar-refractivity contribution in [1.29, 1.82) is 5.41 Å². The summed E-state index contributed by atoms with van der Waals surface area (Å²) in [5.41, 5.74) is -0.310. The summed E-state index contributed by atoms with van der Waals surface area (Å²) in [6.45, 7) is 0. The molecule has 1 aliphatic rings. The quantitative estimate of drug-likeness (QED) is 0.887. The van der Waals surface area contributed by atoms with Crippen LogP contribution in [-0.2, 0) is 10.0 Å². The lowest BCUT2D eigenvalue weighted by atomic mass is 9.85. The Bertz CT molecular complexity index is 885. The molecule has 1 aromatic heterocycles. The molecule has 1 aliphatic carbocycles. The molecule has 8 heteroatoms. The van der Waals surface area contributed by atoms with Crippen molar-refractivity contribution in [3.8, 4) is 0 Å². The molecule has 0 saturated carbocycles. The minimum atomic E-state index is -3.95. The number of Topliss-reactive ketones (excluding diaryl/α,β-unsaturated/α-hetero) is 2. The Hall–Kier alpha value is -2.16. The van der Waals surface area contributed by atoms with Gasteiger partial charge in [0.25, 0.3) is 10.0 Å². The first-order chi connectivity index (χ1) is 10.4. The molecule has 0 fully saturated rings. The van der Waals surface area contributed by atoms with E-state index in [9.17, 15) is 18.0 Å². The zero-order chi connectivity index (χ0) is 15.9. The van der Waals surface area contributed by atoms with Gasteiger partial charge in [-0.3, -0.25) is 15.0 Å². The lowest BCUT2D eigenvalue weighted by molar-refractivity contribution is 0.0943. The van der Waals surface area contributed by atoms with E-state index in [1.165, 1.54) is 18.2 Å². The Labute approximate surface area is 130 Å². The van der Waals surface area contributed by atoms with Crippen molar-refractivity contribution in [1.82, 2.24) is 4.72 Å². The monoisotopic (exact) mass is 334 g/mol. The van der Waals surface area contributed by atoms with Crippen LogP contribution in [0.15, 0.2) is 46.0 Å². The SMILES string of the molecule is N=C1C(=O)c2ccccc2C(=O)C1NS(=O)(=O)c1cccs1. The van der Waals surface area contributed by atoms with Crippen molar-refractivity contribution in [3.63, 3.8) is 0 Å². The average Bonchev–Trinajstić information content (AvgIpc) is 3.05. The highest BCUT2D eigenvalue weighted by Gasteiger charge is 2.39. The van der Waals surface area contributed by atoms with Gasteiger partial charge in [0.2, 0.25) is 5.78 Å². The van der Waals surface area contributed by atoms with Crippen LogP contribution in [0.3, 0.4) is 0 Å². The van der Waals surface area contributed by atoms with Crippen molar-refractivity contribution >= 4 is 38.6 Å².